The quantitative estimate of drug-likeness (QED) is 0.504. The van der Waals surface area contributed by atoms with Crippen molar-refractivity contribution in [2.45, 2.75) is 25.8 Å². The first-order valence-electron chi connectivity index (χ1n) is 8.01. The molecular formula is C17H25N4O+. The van der Waals surface area contributed by atoms with Crippen LogP contribution in [0.3, 0.4) is 0 Å². The minimum atomic E-state index is 0.746. The van der Waals surface area contributed by atoms with Gasteiger partial charge in [0, 0.05) is 18.3 Å². The van der Waals surface area contributed by atoms with Crippen LogP contribution in [0.2, 0.25) is 0 Å². The summed E-state index contributed by atoms with van der Waals surface area (Å²) >= 11 is 0. The molecule has 0 saturated carbocycles. The van der Waals surface area contributed by atoms with Gasteiger partial charge in [-0.05, 0) is 31.4 Å². The van der Waals surface area contributed by atoms with E-state index >= 15 is 0 Å². The second kappa shape index (κ2) is 6.73. The first-order valence-corrected chi connectivity index (χ1v) is 8.01. The zero-order valence-electron chi connectivity index (χ0n) is 13.2. The molecule has 0 bridgehead atoms. The lowest BCUT2D eigenvalue weighted by Gasteiger charge is -2.31. The van der Waals surface area contributed by atoms with Crippen molar-refractivity contribution >= 4 is 11.4 Å². The third-order valence-electron chi connectivity index (χ3n) is 4.11. The molecular weight excluding hydrogens is 276 g/mol. The first kappa shape index (κ1) is 14.8. The normalized spacial score (nSPS) is 13.8. The van der Waals surface area contributed by atoms with Crippen molar-refractivity contribution in [3.05, 3.63) is 36.9 Å². The Morgan fingerprint density at radius 3 is 2.91 bits per heavy atom. The molecule has 22 heavy (non-hydrogen) atoms. The minimum absolute atomic E-state index is 0.746. The van der Waals surface area contributed by atoms with Crippen molar-refractivity contribution in [3.8, 4) is 5.75 Å². The second-order valence-corrected chi connectivity index (χ2v) is 5.94. The van der Waals surface area contributed by atoms with Gasteiger partial charge in [0.25, 0.3) is 0 Å². The molecule has 1 aliphatic heterocycles. The van der Waals surface area contributed by atoms with Gasteiger partial charge in [0.2, 0.25) is 6.33 Å². The second-order valence-electron chi connectivity index (χ2n) is 5.94. The van der Waals surface area contributed by atoms with E-state index in [1.807, 2.05) is 12.1 Å². The topological polar surface area (TPSA) is 47.3 Å². The smallest absolute Gasteiger partial charge is 0.243 e. The van der Waals surface area contributed by atoms with Crippen LogP contribution in [0.25, 0.3) is 0 Å². The molecule has 1 aromatic carbocycles. The third kappa shape index (κ3) is 3.53. The van der Waals surface area contributed by atoms with E-state index in [1.54, 1.807) is 0 Å². The van der Waals surface area contributed by atoms with Gasteiger partial charge >= 0.3 is 0 Å². The van der Waals surface area contributed by atoms with E-state index < -0.39 is 0 Å². The van der Waals surface area contributed by atoms with E-state index in [4.69, 9.17) is 10.5 Å². The summed E-state index contributed by atoms with van der Waals surface area (Å²) in [4.78, 5) is 2.41. The SMILES string of the molecule is C[n+]1ccn(CCCCCN2CCOc3cc(N)ccc32)c1. The Hall–Kier alpha value is -2.17. The molecule has 2 heterocycles. The van der Waals surface area contributed by atoms with Crippen molar-refractivity contribution in [2.24, 2.45) is 7.05 Å². The highest BCUT2D eigenvalue weighted by atomic mass is 16.5. The van der Waals surface area contributed by atoms with Crippen molar-refractivity contribution in [3.63, 3.8) is 0 Å². The fourth-order valence-corrected chi connectivity index (χ4v) is 2.93. The minimum Gasteiger partial charge on any atom is -0.489 e. The Morgan fingerprint density at radius 1 is 1.23 bits per heavy atom. The number of benzene rings is 1. The number of rotatable bonds is 6. The highest BCUT2D eigenvalue weighted by Crippen LogP contribution is 2.33. The third-order valence-corrected chi connectivity index (χ3v) is 4.11. The van der Waals surface area contributed by atoms with Crippen molar-refractivity contribution in [1.82, 2.24) is 4.57 Å². The number of ether oxygens (including phenoxy) is 1. The lowest BCUT2D eigenvalue weighted by molar-refractivity contribution is -0.671. The molecule has 0 fully saturated rings. The van der Waals surface area contributed by atoms with Crippen LogP contribution in [0.15, 0.2) is 36.9 Å². The van der Waals surface area contributed by atoms with Gasteiger partial charge in [-0.1, -0.05) is 0 Å². The number of fused-ring (bicyclic) bond motifs is 1. The summed E-state index contributed by atoms with van der Waals surface area (Å²) in [5.41, 5.74) is 7.76. The average molecular weight is 301 g/mol. The van der Waals surface area contributed by atoms with E-state index in [-0.39, 0.29) is 0 Å². The predicted molar refractivity (Wildman–Crippen MR) is 88.0 cm³/mol. The standard InChI is InChI=1S/C17H25N4O/c1-19-9-10-20(14-19)7-3-2-4-8-21-11-12-22-17-13-15(18)5-6-16(17)21/h5-6,9-10,13-14H,2-4,7-8,11-12,18H2,1H3/q+1. The Bertz CT molecular complexity index is 623. The van der Waals surface area contributed by atoms with Gasteiger partial charge in [0.05, 0.1) is 25.8 Å². The fraction of sp³-hybridized carbons (Fsp3) is 0.471. The van der Waals surface area contributed by atoms with E-state index in [0.717, 1.165) is 37.7 Å². The van der Waals surface area contributed by atoms with Gasteiger partial charge in [-0.25, -0.2) is 9.13 Å². The Morgan fingerprint density at radius 2 is 2.09 bits per heavy atom. The monoisotopic (exact) mass is 301 g/mol. The molecule has 0 saturated heterocycles. The number of hydrogen-bond donors (Lipinski definition) is 1. The summed E-state index contributed by atoms with van der Waals surface area (Å²) in [7, 11) is 2.05. The van der Waals surface area contributed by atoms with Crippen molar-refractivity contribution in [1.29, 1.82) is 0 Å². The summed E-state index contributed by atoms with van der Waals surface area (Å²) in [5.74, 6) is 0.922. The number of imidazole rings is 1. The van der Waals surface area contributed by atoms with Crippen molar-refractivity contribution < 1.29 is 9.30 Å². The summed E-state index contributed by atoms with van der Waals surface area (Å²) in [6.07, 6.45) is 10.00. The largest absolute Gasteiger partial charge is 0.489 e. The number of anilines is 2. The molecule has 1 aromatic heterocycles. The molecule has 2 N–H and O–H groups in total. The molecule has 5 nitrogen and oxygen atoms in total. The molecule has 0 atom stereocenters. The van der Waals surface area contributed by atoms with Crippen LogP contribution in [-0.2, 0) is 13.6 Å². The number of aryl methyl sites for hydroxylation is 2. The van der Waals surface area contributed by atoms with Crippen LogP contribution in [0, 0.1) is 0 Å². The molecule has 118 valence electrons. The van der Waals surface area contributed by atoms with Gasteiger partial charge in [0.1, 0.15) is 24.8 Å². The molecule has 0 spiro atoms. The van der Waals surface area contributed by atoms with Crippen LogP contribution < -0.4 is 19.9 Å². The van der Waals surface area contributed by atoms with E-state index in [0.29, 0.717) is 0 Å². The lowest BCUT2D eigenvalue weighted by atomic mass is 10.2. The van der Waals surface area contributed by atoms with Gasteiger partial charge < -0.3 is 15.4 Å². The van der Waals surface area contributed by atoms with E-state index in [9.17, 15) is 0 Å². The fourth-order valence-electron chi connectivity index (χ4n) is 2.93. The summed E-state index contributed by atoms with van der Waals surface area (Å²) in [6.45, 7) is 3.89. The number of nitrogen functional groups attached to an aromatic ring is 1. The van der Waals surface area contributed by atoms with Crippen LogP contribution in [0.4, 0.5) is 11.4 Å². The van der Waals surface area contributed by atoms with Crippen LogP contribution >= 0.6 is 0 Å². The zero-order chi connectivity index (χ0) is 15.4. The maximum absolute atomic E-state index is 5.82. The summed E-state index contributed by atoms with van der Waals surface area (Å²) < 4.78 is 10.0. The molecule has 0 radical (unpaired) electrons. The molecule has 1 aliphatic rings. The molecule has 2 aromatic rings. The lowest BCUT2D eigenvalue weighted by Crippen LogP contribution is -2.33. The van der Waals surface area contributed by atoms with E-state index in [2.05, 4.69) is 45.9 Å². The maximum Gasteiger partial charge on any atom is 0.243 e. The van der Waals surface area contributed by atoms with Gasteiger partial charge in [-0.2, -0.15) is 0 Å². The maximum atomic E-state index is 5.82. The predicted octanol–water partition coefficient (Wildman–Crippen LogP) is 1.96. The van der Waals surface area contributed by atoms with Gasteiger partial charge in [-0.15, -0.1) is 0 Å². The highest BCUT2D eigenvalue weighted by molar-refractivity contribution is 5.64. The number of nitrogens with two attached hydrogens (primary N) is 1. The number of nitrogens with zero attached hydrogens (tertiary/aromatic N) is 3. The molecule has 5 heteroatoms. The molecule has 0 amide bonds. The summed E-state index contributed by atoms with van der Waals surface area (Å²) in [5, 5.41) is 0. The average Bonchev–Trinajstić information content (AvgIpc) is 2.92. The van der Waals surface area contributed by atoms with Gasteiger partial charge in [0.15, 0.2) is 0 Å². The molecule has 0 aliphatic carbocycles. The van der Waals surface area contributed by atoms with Crippen LogP contribution in [0.5, 0.6) is 5.75 Å². The van der Waals surface area contributed by atoms with Crippen LogP contribution in [0.1, 0.15) is 19.3 Å². The number of unbranched alkanes of at least 4 members (excludes halogenated alkanes) is 2. The van der Waals surface area contributed by atoms with Crippen molar-refractivity contribution in [2.75, 3.05) is 30.3 Å². The van der Waals surface area contributed by atoms with Crippen LogP contribution in [-0.4, -0.2) is 24.3 Å². The van der Waals surface area contributed by atoms with Gasteiger partial charge in [-0.3, -0.25) is 0 Å². The molecule has 3 rings (SSSR count). The number of hydrogen-bond acceptors (Lipinski definition) is 3. The number of aromatic nitrogens is 2. The molecule has 0 unspecified atom stereocenters. The Labute approximate surface area is 131 Å². The van der Waals surface area contributed by atoms with E-state index in [1.165, 1.54) is 24.9 Å². The zero-order valence-corrected chi connectivity index (χ0v) is 13.2. The Balaban J connectivity index is 1.45. The summed E-state index contributed by atoms with van der Waals surface area (Å²) in [6, 6.07) is 5.95. The highest BCUT2D eigenvalue weighted by Gasteiger charge is 2.17. The first-order chi connectivity index (χ1) is 10.7. The Kier molecular flexibility index (Phi) is 4.51.